The largest absolute Gasteiger partial charge is 0.490 e. The third kappa shape index (κ3) is 6.47. The molecule has 2 rings (SSSR count). The van der Waals surface area contributed by atoms with Gasteiger partial charge in [-0.15, -0.1) is 0 Å². The number of hydrogen-bond acceptors (Lipinski definition) is 3. The molecule has 152 valence electrons. The molecule has 0 N–H and O–H groups in total. The molecule has 0 aliphatic heterocycles. The number of carbonyl (C=O) groups is 1. The van der Waals surface area contributed by atoms with Gasteiger partial charge >= 0.3 is 5.97 Å². The Balaban J connectivity index is 1.87. The van der Waals surface area contributed by atoms with Crippen molar-refractivity contribution in [3.05, 3.63) is 23.8 Å². The second kappa shape index (κ2) is 11.3. The number of hydrogen-bond donors (Lipinski definition) is 0. The Kier molecular flexibility index (Phi) is 9.02. The first-order valence-electron chi connectivity index (χ1n) is 10.4. The highest BCUT2D eigenvalue weighted by atomic mass is 19.2. The molecule has 0 bridgehead atoms. The fourth-order valence-corrected chi connectivity index (χ4v) is 3.70. The van der Waals surface area contributed by atoms with Crippen LogP contribution in [0.3, 0.4) is 0 Å². The van der Waals surface area contributed by atoms with Gasteiger partial charge in [0.1, 0.15) is 0 Å². The van der Waals surface area contributed by atoms with Crippen molar-refractivity contribution in [3.63, 3.8) is 0 Å². The van der Waals surface area contributed by atoms with E-state index in [2.05, 4.69) is 13.8 Å². The molecule has 0 aromatic heterocycles. The number of rotatable bonds is 10. The van der Waals surface area contributed by atoms with E-state index in [1.165, 1.54) is 18.6 Å². The molecule has 1 aromatic carbocycles. The van der Waals surface area contributed by atoms with Crippen LogP contribution in [0.5, 0.6) is 11.5 Å². The maximum atomic E-state index is 14.2. The van der Waals surface area contributed by atoms with Crippen molar-refractivity contribution in [1.82, 2.24) is 0 Å². The Morgan fingerprint density at radius 2 is 1.63 bits per heavy atom. The molecule has 1 saturated carbocycles. The maximum absolute atomic E-state index is 14.2. The molecule has 0 amide bonds. The van der Waals surface area contributed by atoms with Crippen molar-refractivity contribution in [1.29, 1.82) is 0 Å². The van der Waals surface area contributed by atoms with Crippen LogP contribution in [0.2, 0.25) is 0 Å². The minimum absolute atomic E-state index is 0.135. The van der Waals surface area contributed by atoms with E-state index in [0.717, 1.165) is 57.8 Å². The van der Waals surface area contributed by atoms with E-state index in [0.29, 0.717) is 12.5 Å². The van der Waals surface area contributed by atoms with Gasteiger partial charge in [0.2, 0.25) is 11.6 Å². The minimum atomic E-state index is -1.16. The number of unbranched alkanes of at least 4 members (excludes halogenated alkanes) is 3. The van der Waals surface area contributed by atoms with Crippen molar-refractivity contribution >= 4 is 5.97 Å². The predicted octanol–water partition coefficient (Wildman–Crippen LogP) is 6.44. The lowest BCUT2D eigenvalue weighted by Crippen LogP contribution is -2.26. The SMILES string of the molecule is CCCCCCOc1ccc(OC(=O)C2CCC(CCC)CC2)c(F)c1F. The van der Waals surface area contributed by atoms with Crippen LogP contribution in [0.4, 0.5) is 8.78 Å². The number of benzene rings is 1. The van der Waals surface area contributed by atoms with Crippen LogP contribution in [0, 0.1) is 23.5 Å². The molecule has 3 nitrogen and oxygen atoms in total. The third-order valence-electron chi connectivity index (χ3n) is 5.35. The van der Waals surface area contributed by atoms with E-state index >= 15 is 0 Å². The maximum Gasteiger partial charge on any atom is 0.314 e. The van der Waals surface area contributed by atoms with Crippen molar-refractivity contribution in [2.24, 2.45) is 11.8 Å². The van der Waals surface area contributed by atoms with Crippen LogP contribution >= 0.6 is 0 Å². The highest BCUT2D eigenvalue weighted by Gasteiger charge is 2.28. The summed E-state index contributed by atoms with van der Waals surface area (Å²) in [7, 11) is 0. The Hall–Kier alpha value is -1.65. The van der Waals surface area contributed by atoms with Gasteiger partial charge in [0.25, 0.3) is 0 Å². The lowest BCUT2D eigenvalue weighted by molar-refractivity contribution is -0.140. The number of esters is 1. The van der Waals surface area contributed by atoms with Crippen LogP contribution in [-0.2, 0) is 4.79 Å². The van der Waals surface area contributed by atoms with Crippen molar-refractivity contribution in [3.8, 4) is 11.5 Å². The van der Waals surface area contributed by atoms with Gasteiger partial charge < -0.3 is 9.47 Å². The summed E-state index contributed by atoms with van der Waals surface area (Å²) in [5.74, 6) is -2.76. The molecule has 0 heterocycles. The Morgan fingerprint density at radius 1 is 0.963 bits per heavy atom. The molecule has 0 saturated heterocycles. The van der Waals surface area contributed by atoms with Gasteiger partial charge in [0.15, 0.2) is 11.5 Å². The second-order valence-electron chi connectivity index (χ2n) is 7.53. The quantitative estimate of drug-likeness (QED) is 0.265. The molecule has 1 aliphatic carbocycles. The first-order chi connectivity index (χ1) is 13.1. The summed E-state index contributed by atoms with van der Waals surface area (Å²) in [4.78, 5) is 12.3. The second-order valence-corrected chi connectivity index (χ2v) is 7.53. The molecular weight excluding hydrogens is 350 g/mol. The van der Waals surface area contributed by atoms with E-state index in [1.807, 2.05) is 0 Å². The molecule has 0 unspecified atom stereocenters. The fraction of sp³-hybridized carbons (Fsp3) is 0.682. The molecule has 0 spiro atoms. The van der Waals surface area contributed by atoms with E-state index in [-0.39, 0.29) is 17.4 Å². The van der Waals surface area contributed by atoms with Crippen LogP contribution in [-0.4, -0.2) is 12.6 Å². The van der Waals surface area contributed by atoms with Gasteiger partial charge in [-0.05, 0) is 50.2 Å². The van der Waals surface area contributed by atoms with Crippen molar-refractivity contribution < 1.29 is 23.0 Å². The van der Waals surface area contributed by atoms with E-state index in [4.69, 9.17) is 9.47 Å². The summed E-state index contributed by atoms with van der Waals surface area (Å²) in [6.45, 7) is 4.61. The first-order valence-corrected chi connectivity index (χ1v) is 10.4. The zero-order valence-electron chi connectivity index (χ0n) is 16.6. The molecule has 1 aromatic rings. The van der Waals surface area contributed by atoms with Crippen LogP contribution < -0.4 is 9.47 Å². The summed E-state index contributed by atoms with van der Waals surface area (Å²) in [6.07, 6.45) is 9.82. The topological polar surface area (TPSA) is 35.5 Å². The molecule has 1 aliphatic rings. The molecule has 27 heavy (non-hydrogen) atoms. The highest BCUT2D eigenvalue weighted by Crippen LogP contribution is 2.34. The standard InChI is InChI=1S/C22H32F2O3/c1-3-5-6-7-15-26-18-13-14-19(21(24)20(18)23)27-22(25)17-11-9-16(8-4-2)10-12-17/h13-14,16-17H,3-12,15H2,1-2H3. The predicted molar refractivity (Wildman–Crippen MR) is 102 cm³/mol. The van der Waals surface area contributed by atoms with Crippen molar-refractivity contribution in [2.45, 2.75) is 78.1 Å². The zero-order valence-corrected chi connectivity index (χ0v) is 16.6. The summed E-state index contributed by atoms with van der Waals surface area (Å²) < 4.78 is 38.9. The lowest BCUT2D eigenvalue weighted by Gasteiger charge is -2.26. The molecular formula is C22H32F2O3. The summed E-state index contributed by atoms with van der Waals surface area (Å²) in [5, 5.41) is 0. The Labute approximate surface area is 161 Å². The monoisotopic (exact) mass is 382 g/mol. The average molecular weight is 382 g/mol. The van der Waals surface area contributed by atoms with Gasteiger partial charge in [-0.25, -0.2) is 0 Å². The highest BCUT2D eigenvalue weighted by molar-refractivity contribution is 5.75. The molecule has 1 fully saturated rings. The third-order valence-corrected chi connectivity index (χ3v) is 5.35. The van der Waals surface area contributed by atoms with Gasteiger partial charge in [0, 0.05) is 0 Å². The Bertz CT molecular complexity index is 595. The van der Waals surface area contributed by atoms with Gasteiger partial charge in [-0.2, -0.15) is 8.78 Å². The number of ether oxygens (including phenoxy) is 2. The number of halogens is 2. The molecule has 0 atom stereocenters. The number of carbonyl (C=O) groups excluding carboxylic acids is 1. The smallest absolute Gasteiger partial charge is 0.314 e. The first kappa shape index (κ1) is 21.6. The van der Waals surface area contributed by atoms with Crippen LogP contribution in [0.1, 0.15) is 78.1 Å². The zero-order chi connectivity index (χ0) is 19.6. The van der Waals surface area contributed by atoms with E-state index in [1.54, 1.807) is 0 Å². The minimum Gasteiger partial charge on any atom is -0.490 e. The summed E-state index contributed by atoms with van der Waals surface area (Å²) in [6, 6.07) is 2.61. The molecule has 0 radical (unpaired) electrons. The molecule has 5 heteroatoms. The van der Waals surface area contributed by atoms with E-state index in [9.17, 15) is 13.6 Å². The van der Waals surface area contributed by atoms with Gasteiger partial charge in [0.05, 0.1) is 12.5 Å². The summed E-state index contributed by atoms with van der Waals surface area (Å²) >= 11 is 0. The fourth-order valence-electron chi connectivity index (χ4n) is 3.70. The van der Waals surface area contributed by atoms with Crippen LogP contribution in [0.25, 0.3) is 0 Å². The Morgan fingerprint density at radius 3 is 2.30 bits per heavy atom. The van der Waals surface area contributed by atoms with Gasteiger partial charge in [-0.3, -0.25) is 4.79 Å². The normalized spacial score (nSPS) is 19.7. The van der Waals surface area contributed by atoms with Crippen LogP contribution in [0.15, 0.2) is 12.1 Å². The lowest BCUT2D eigenvalue weighted by atomic mass is 9.80. The van der Waals surface area contributed by atoms with E-state index < -0.39 is 17.6 Å². The van der Waals surface area contributed by atoms with Crippen molar-refractivity contribution in [2.75, 3.05) is 6.61 Å². The summed E-state index contributed by atoms with van der Waals surface area (Å²) in [5.41, 5.74) is 0. The average Bonchev–Trinajstić information content (AvgIpc) is 2.67. The van der Waals surface area contributed by atoms with Gasteiger partial charge in [-0.1, -0.05) is 46.0 Å².